The topological polar surface area (TPSA) is 49.8 Å². The number of anilines is 1. The summed E-state index contributed by atoms with van der Waals surface area (Å²) >= 11 is 0. The van der Waals surface area contributed by atoms with E-state index in [1.165, 1.54) is 0 Å². The van der Waals surface area contributed by atoms with Crippen molar-refractivity contribution >= 4 is 11.7 Å². The average molecular weight is 251 g/mol. The van der Waals surface area contributed by atoms with Crippen molar-refractivity contribution in [1.82, 2.24) is 0 Å². The maximum Gasteiger partial charge on any atom is 0.328 e. The van der Waals surface area contributed by atoms with E-state index in [2.05, 4.69) is 0 Å². The molecule has 1 rings (SSSR count). The molecular formula is C14H21NO3. The minimum absolute atomic E-state index is 0.177. The molecule has 1 unspecified atom stereocenters. The summed E-state index contributed by atoms with van der Waals surface area (Å²) in [5.41, 5.74) is 0.277. The molecule has 100 valence electrons. The van der Waals surface area contributed by atoms with Crippen molar-refractivity contribution in [2.24, 2.45) is 0 Å². The smallest absolute Gasteiger partial charge is 0.328 e. The Balaban J connectivity index is 2.78. The first kappa shape index (κ1) is 14.4. The lowest BCUT2D eigenvalue weighted by Gasteiger charge is -2.29. The highest BCUT2D eigenvalue weighted by atomic mass is 16.6. The third-order valence-corrected chi connectivity index (χ3v) is 2.57. The number of phenols is 1. The van der Waals surface area contributed by atoms with E-state index in [-0.39, 0.29) is 11.7 Å². The molecule has 0 bridgehead atoms. The number of phenolic OH excluding ortho intramolecular Hbond substituents is 1. The third-order valence-electron chi connectivity index (χ3n) is 2.57. The summed E-state index contributed by atoms with van der Waals surface area (Å²) < 4.78 is 5.33. The number of likely N-dealkylation sites (N-methyl/N-ethyl adjacent to an activating group) is 1. The van der Waals surface area contributed by atoms with Crippen molar-refractivity contribution in [3.63, 3.8) is 0 Å². The molecular weight excluding hydrogens is 230 g/mol. The second-order valence-electron chi connectivity index (χ2n) is 5.34. The Bertz CT molecular complexity index is 423. The van der Waals surface area contributed by atoms with Crippen molar-refractivity contribution in [2.45, 2.75) is 39.3 Å². The largest absolute Gasteiger partial charge is 0.508 e. The van der Waals surface area contributed by atoms with Gasteiger partial charge in [-0.15, -0.1) is 0 Å². The van der Waals surface area contributed by atoms with Gasteiger partial charge in [-0.1, -0.05) is 6.07 Å². The van der Waals surface area contributed by atoms with Crippen LogP contribution in [0.2, 0.25) is 0 Å². The number of aromatic hydroxyl groups is 1. The predicted octanol–water partition coefficient (Wildman–Crippen LogP) is 2.56. The fraction of sp³-hybridized carbons (Fsp3) is 0.500. The summed E-state index contributed by atoms with van der Waals surface area (Å²) in [6.45, 7) is 7.29. The quantitative estimate of drug-likeness (QED) is 0.839. The molecule has 1 atom stereocenters. The van der Waals surface area contributed by atoms with Gasteiger partial charge in [-0.05, 0) is 39.8 Å². The molecule has 4 heteroatoms. The van der Waals surface area contributed by atoms with E-state index in [1.54, 1.807) is 37.1 Å². The van der Waals surface area contributed by atoms with Gasteiger partial charge in [0.05, 0.1) is 0 Å². The van der Waals surface area contributed by atoms with Gasteiger partial charge in [0.15, 0.2) is 0 Å². The molecule has 0 radical (unpaired) electrons. The molecule has 0 aromatic heterocycles. The molecule has 0 aliphatic heterocycles. The van der Waals surface area contributed by atoms with Gasteiger partial charge in [0.25, 0.3) is 0 Å². The maximum absolute atomic E-state index is 11.9. The van der Waals surface area contributed by atoms with Gasteiger partial charge < -0.3 is 14.7 Å². The van der Waals surface area contributed by atoms with Crippen LogP contribution in [-0.4, -0.2) is 29.8 Å². The fourth-order valence-electron chi connectivity index (χ4n) is 1.48. The second-order valence-corrected chi connectivity index (χ2v) is 5.34. The molecule has 1 aromatic rings. The summed E-state index contributed by atoms with van der Waals surface area (Å²) in [6.07, 6.45) is 0. The zero-order valence-corrected chi connectivity index (χ0v) is 11.6. The maximum atomic E-state index is 11.9. The number of ether oxygens (including phenoxy) is 1. The van der Waals surface area contributed by atoms with Crippen LogP contribution in [-0.2, 0) is 9.53 Å². The summed E-state index contributed by atoms with van der Waals surface area (Å²) in [6, 6.07) is 6.37. The molecule has 0 amide bonds. The van der Waals surface area contributed by atoms with Crippen LogP contribution in [0.4, 0.5) is 5.69 Å². The van der Waals surface area contributed by atoms with Gasteiger partial charge in [0.1, 0.15) is 17.4 Å². The van der Waals surface area contributed by atoms with Crippen molar-refractivity contribution in [2.75, 3.05) is 11.9 Å². The number of benzene rings is 1. The van der Waals surface area contributed by atoms with E-state index >= 15 is 0 Å². The van der Waals surface area contributed by atoms with Crippen molar-refractivity contribution in [1.29, 1.82) is 0 Å². The molecule has 0 aliphatic rings. The van der Waals surface area contributed by atoms with Crippen LogP contribution in [0.5, 0.6) is 5.75 Å². The first-order valence-electron chi connectivity index (χ1n) is 5.95. The number of carbonyl (C=O) groups excluding carboxylic acids is 1. The van der Waals surface area contributed by atoms with Gasteiger partial charge >= 0.3 is 5.97 Å². The average Bonchev–Trinajstić information content (AvgIpc) is 2.24. The number of esters is 1. The van der Waals surface area contributed by atoms with Gasteiger partial charge in [-0.25, -0.2) is 4.79 Å². The van der Waals surface area contributed by atoms with E-state index in [9.17, 15) is 9.90 Å². The first-order chi connectivity index (χ1) is 8.20. The zero-order chi connectivity index (χ0) is 13.9. The van der Waals surface area contributed by atoms with Crippen LogP contribution in [0.25, 0.3) is 0 Å². The summed E-state index contributed by atoms with van der Waals surface area (Å²) in [5.74, 6) is -0.107. The fourth-order valence-corrected chi connectivity index (χ4v) is 1.48. The van der Waals surface area contributed by atoms with Crippen molar-refractivity contribution in [3.8, 4) is 5.75 Å². The minimum Gasteiger partial charge on any atom is -0.508 e. The van der Waals surface area contributed by atoms with Gasteiger partial charge in [-0.3, -0.25) is 0 Å². The predicted molar refractivity (Wildman–Crippen MR) is 71.8 cm³/mol. The number of nitrogens with zero attached hydrogens (tertiary/aromatic N) is 1. The Labute approximate surface area is 108 Å². The lowest BCUT2D eigenvalue weighted by atomic mass is 10.2. The molecule has 1 N–H and O–H groups in total. The molecule has 0 heterocycles. The SMILES string of the molecule is CC(C(=O)OC(C)(C)C)N(C)c1cccc(O)c1. The lowest BCUT2D eigenvalue weighted by molar-refractivity contribution is -0.155. The van der Waals surface area contributed by atoms with Gasteiger partial charge in [0, 0.05) is 18.8 Å². The molecule has 0 saturated carbocycles. The monoisotopic (exact) mass is 251 g/mol. The third kappa shape index (κ3) is 3.95. The molecule has 0 aliphatic carbocycles. The van der Waals surface area contributed by atoms with Crippen LogP contribution in [0.1, 0.15) is 27.7 Å². The van der Waals surface area contributed by atoms with Gasteiger partial charge in [-0.2, -0.15) is 0 Å². The number of rotatable bonds is 3. The van der Waals surface area contributed by atoms with Crippen molar-refractivity contribution < 1.29 is 14.6 Å². The summed E-state index contributed by atoms with van der Waals surface area (Å²) in [4.78, 5) is 13.7. The van der Waals surface area contributed by atoms with Crippen LogP contribution in [0, 0.1) is 0 Å². The van der Waals surface area contributed by atoms with Crippen LogP contribution in [0.15, 0.2) is 24.3 Å². The normalized spacial score (nSPS) is 12.9. The number of carbonyl (C=O) groups is 1. The Morgan fingerprint density at radius 2 is 2.00 bits per heavy atom. The summed E-state index contributed by atoms with van der Waals surface area (Å²) in [7, 11) is 1.80. The lowest BCUT2D eigenvalue weighted by Crippen LogP contribution is -2.40. The first-order valence-corrected chi connectivity index (χ1v) is 5.95. The van der Waals surface area contributed by atoms with Crippen LogP contribution in [0.3, 0.4) is 0 Å². The van der Waals surface area contributed by atoms with E-state index in [1.807, 2.05) is 26.8 Å². The van der Waals surface area contributed by atoms with E-state index in [0.717, 1.165) is 5.69 Å². The highest BCUT2D eigenvalue weighted by Gasteiger charge is 2.24. The highest BCUT2D eigenvalue weighted by Crippen LogP contribution is 2.21. The summed E-state index contributed by atoms with van der Waals surface area (Å²) in [5, 5.41) is 9.43. The van der Waals surface area contributed by atoms with E-state index in [0.29, 0.717) is 0 Å². The number of hydrogen-bond acceptors (Lipinski definition) is 4. The Kier molecular flexibility index (Phi) is 4.22. The van der Waals surface area contributed by atoms with E-state index < -0.39 is 11.6 Å². The molecule has 4 nitrogen and oxygen atoms in total. The Hall–Kier alpha value is -1.71. The van der Waals surface area contributed by atoms with Crippen LogP contribution < -0.4 is 4.90 Å². The zero-order valence-electron chi connectivity index (χ0n) is 11.6. The van der Waals surface area contributed by atoms with E-state index in [4.69, 9.17) is 4.74 Å². The Morgan fingerprint density at radius 3 is 2.50 bits per heavy atom. The molecule has 0 saturated heterocycles. The minimum atomic E-state index is -0.495. The van der Waals surface area contributed by atoms with Gasteiger partial charge in [0.2, 0.25) is 0 Å². The number of hydrogen-bond donors (Lipinski definition) is 1. The molecule has 0 spiro atoms. The highest BCUT2D eigenvalue weighted by molar-refractivity contribution is 5.80. The molecule has 0 fully saturated rings. The molecule has 1 aromatic carbocycles. The standard InChI is InChI=1S/C14H21NO3/c1-10(13(17)18-14(2,3)4)15(5)11-7-6-8-12(16)9-11/h6-10,16H,1-5H3. The van der Waals surface area contributed by atoms with Crippen LogP contribution >= 0.6 is 0 Å². The molecule has 18 heavy (non-hydrogen) atoms. The second kappa shape index (κ2) is 5.29. The van der Waals surface area contributed by atoms with Crippen molar-refractivity contribution in [3.05, 3.63) is 24.3 Å². The Morgan fingerprint density at radius 1 is 1.39 bits per heavy atom.